The molecule has 0 amide bonds. The molecule has 0 bridgehead atoms. The van der Waals surface area contributed by atoms with Gasteiger partial charge in [0.1, 0.15) is 5.41 Å². The van der Waals surface area contributed by atoms with Crippen LogP contribution in [-0.2, 0) is 9.47 Å². The highest BCUT2D eigenvalue weighted by Gasteiger charge is 2.20. The van der Waals surface area contributed by atoms with Crippen LogP contribution in [-0.4, -0.2) is 43.0 Å². The van der Waals surface area contributed by atoms with Gasteiger partial charge in [0.05, 0.1) is 10.2 Å². The molecule has 0 aliphatic heterocycles. The van der Waals surface area contributed by atoms with Crippen LogP contribution in [0.2, 0.25) is 0 Å². The highest BCUT2D eigenvalue weighted by molar-refractivity contribution is 6.13. The molecule has 0 aromatic rings. The molecule has 0 radical (unpaired) electrons. The van der Waals surface area contributed by atoms with Gasteiger partial charge in [-0.1, -0.05) is 13.3 Å². The average Bonchev–Trinajstić information content (AvgIpc) is 2.23. The lowest BCUT2D eigenvalue weighted by molar-refractivity contribution is -0.146. The van der Waals surface area contributed by atoms with E-state index in [1.165, 1.54) is 12.8 Å². The van der Waals surface area contributed by atoms with Crippen LogP contribution >= 0.6 is 0 Å². The van der Waals surface area contributed by atoms with Crippen LogP contribution < -0.4 is 5.32 Å². The zero-order chi connectivity index (χ0) is 10.9. The van der Waals surface area contributed by atoms with Gasteiger partial charge in [-0.3, -0.25) is 0 Å². The lowest BCUT2D eigenvalue weighted by atomic mass is 10.3. The predicted octanol–water partition coefficient (Wildman–Crippen LogP) is 0.468. The van der Waals surface area contributed by atoms with E-state index in [1.54, 1.807) is 14.2 Å². The number of nitrogens with one attached hydrogen (secondary N) is 1. The van der Waals surface area contributed by atoms with E-state index < -0.39 is 0 Å². The number of hydrogen-bond donors (Lipinski definition) is 1. The molecule has 0 unspecified atom stereocenters. The number of rotatable bonds is 9. The van der Waals surface area contributed by atoms with E-state index in [-0.39, 0.29) is 5.41 Å². The molecule has 0 aliphatic rings. The first-order chi connectivity index (χ1) is 6.68. The number of methoxy groups -OCH3 is 2. The molecule has 0 saturated carbocycles. The van der Waals surface area contributed by atoms with Crippen LogP contribution in [0.25, 0.3) is 0 Å². The Hall–Kier alpha value is 0.0969. The molecular formula is C10H25NO2Si. The van der Waals surface area contributed by atoms with Gasteiger partial charge in [-0.15, -0.1) is 0 Å². The highest BCUT2D eigenvalue weighted by Crippen LogP contribution is 2.12. The lowest BCUT2D eigenvalue weighted by Gasteiger charge is -2.26. The average molecular weight is 219 g/mol. The van der Waals surface area contributed by atoms with Crippen molar-refractivity contribution in [3.8, 4) is 0 Å². The topological polar surface area (TPSA) is 30.5 Å². The van der Waals surface area contributed by atoms with Crippen molar-refractivity contribution in [3.05, 3.63) is 0 Å². The second-order valence-electron chi connectivity index (χ2n) is 3.75. The fraction of sp³-hybridized carbons (Fsp3) is 1.00. The number of ether oxygens (including phenoxy) is 2. The normalized spacial score (nSPS) is 12.2. The van der Waals surface area contributed by atoms with Gasteiger partial charge in [-0.25, -0.2) is 0 Å². The van der Waals surface area contributed by atoms with E-state index in [2.05, 4.69) is 12.2 Å². The summed E-state index contributed by atoms with van der Waals surface area (Å²) in [6, 6.07) is 0. The van der Waals surface area contributed by atoms with Crippen molar-refractivity contribution in [2.24, 2.45) is 0 Å². The van der Waals surface area contributed by atoms with Crippen molar-refractivity contribution in [1.82, 2.24) is 5.32 Å². The second kappa shape index (κ2) is 8.41. The first kappa shape index (κ1) is 14.1. The molecule has 86 valence electrons. The maximum Gasteiger partial charge on any atom is 0.140 e. The quantitative estimate of drug-likeness (QED) is 0.347. The van der Waals surface area contributed by atoms with Crippen molar-refractivity contribution in [2.75, 3.05) is 27.3 Å². The molecule has 0 atom stereocenters. The van der Waals surface area contributed by atoms with Crippen molar-refractivity contribution < 1.29 is 9.47 Å². The molecule has 14 heavy (non-hydrogen) atoms. The maximum atomic E-state index is 5.33. The summed E-state index contributed by atoms with van der Waals surface area (Å²) >= 11 is 0. The third-order valence-corrected chi connectivity index (χ3v) is 3.87. The summed E-state index contributed by atoms with van der Waals surface area (Å²) < 4.78 is 10.7. The largest absolute Gasteiger partial charge is 0.358 e. The summed E-state index contributed by atoms with van der Waals surface area (Å²) in [5, 5.41) is 3.41. The van der Waals surface area contributed by atoms with Crippen LogP contribution in [0.5, 0.6) is 0 Å². The molecule has 0 fully saturated rings. The first-order valence-electron chi connectivity index (χ1n) is 5.49. The van der Waals surface area contributed by atoms with Crippen LogP contribution in [0.1, 0.15) is 32.6 Å². The zero-order valence-electron chi connectivity index (χ0n) is 10.1. The summed E-state index contributed by atoms with van der Waals surface area (Å²) in [5.74, 6) is 0. The Bertz CT molecular complexity index is 129. The molecule has 0 heterocycles. The van der Waals surface area contributed by atoms with Crippen LogP contribution in [0, 0.1) is 0 Å². The Kier molecular flexibility index (Phi) is 8.47. The molecule has 4 heteroatoms. The van der Waals surface area contributed by atoms with Crippen molar-refractivity contribution >= 4 is 10.2 Å². The van der Waals surface area contributed by atoms with Gasteiger partial charge in [0, 0.05) is 14.2 Å². The van der Waals surface area contributed by atoms with Crippen LogP contribution in [0.4, 0.5) is 0 Å². The molecule has 0 aromatic heterocycles. The molecule has 0 aliphatic carbocycles. The van der Waals surface area contributed by atoms with Crippen LogP contribution in [0.15, 0.2) is 0 Å². The molecule has 0 spiro atoms. The Morgan fingerprint density at radius 1 is 1.14 bits per heavy atom. The fourth-order valence-electron chi connectivity index (χ4n) is 1.25. The smallest absolute Gasteiger partial charge is 0.140 e. The van der Waals surface area contributed by atoms with Gasteiger partial charge >= 0.3 is 0 Å². The van der Waals surface area contributed by atoms with Gasteiger partial charge in [0.2, 0.25) is 0 Å². The van der Waals surface area contributed by atoms with Gasteiger partial charge in [-0.2, -0.15) is 0 Å². The summed E-state index contributed by atoms with van der Waals surface area (Å²) in [6.07, 6.45) is 4.63. The zero-order valence-corrected chi connectivity index (χ0v) is 12.1. The van der Waals surface area contributed by atoms with E-state index in [9.17, 15) is 0 Å². The standard InChI is InChI=1S/C10H25NO2Si/c1-4-5-8-11-9-6-7-10(14,12-2)13-3/h11H,4-9H2,1-3,14H3. The van der Waals surface area contributed by atoms with Crippen molar-refractivity contribution in [1.29, 1.82) is 0 Å². The predicted molar refractivity (Wildman–Crippen MR) is 63.7 cm³/mol. The molecule has 1 N–H and O–H groups in total. The second-order valence-corrected chi connectivity index (χ2v) is 5.27. The summed E-state index contributed by atoms with van der Waals surface area (Å²) in [7, 11) is 4.36. The van der Waals surface area contributed by atoms with E-state index in [0.717, 1.165) is 36.2 Å². The minimum Gasteiger partial charge on any atom is -0.358 e. The summed E-state index contributed by atoms with van der Waals surface area (Å²) in [4.78, 5) is 0. The van der Waals surface area contributed by atoms with Gasteiger partial charge in [-0.05, 0) is 32.4 Å². The Morgan fingerprint density at radius 2 is 1.71 bits per heavy atom. The molecule has 3 nitrogen and oxygen atoms in total. The summed E-state index contributed by atoms with van der Waals surface area (Å²) in [5.41, 5.74) is -0.271. The van der Waals surface area contributed by atoms with Crippen molar-refractivity contribution in [2.45, 2.75) is 38.0 Å². The van der Waals surface area contributed by atoms with Gasteiger partial charge < -0.3 is 14.8 Å². The molecule has 0 rings (SSSR count). The number of unbranched alkanes of at least 4 members (excludes halogenated alkanes) is 1. The lowest BCUT2D eigenvalue weighted by Crippen LogP contribution is -2.35. The molecule has 0 saturated heterocycles. The third-order valence-electron chi connectivity index (χ3n) is 2.56. The first-order valence-corrected chi connectivity index (χ1v) is 6.49. The maximum absolute atomic E-state index is 5.33. The van der Waals surface area contributed by atoms with E-state index in [1.807, 2.05) is 0 Å². The minimum absolute atomic E-state index is 0.271. The van der Waals surface area contributed by atoms with E-state index in [4.69, 9.17) is 9.47 Å². The van der Waals surface area contributed by atoms with Gasteiger partial charge in [0.15, 0.2) is 0 Å². The van der Waals surface area contributed by atoms with E-state index in [0.29, 0.717) is 0 Å². The van der Waals surface area contributed by atoms with Crippen LogP contribution in [0.3, 0.4) is 0 Å². The van der Waals surface area contributed by atoms with E-state index >= 15 is 0 Å². The Labute approximate surface area is 91.0 Å². The van der Waals surface area contributed by atoms with Crippen molar-refractivity contribution in [3.63, 3.8) is 0 Å². The summed E-state index contributed by atoms with van der Waals surface area (Å²) in [6.45, 7) is 4.40. The molecule has 0 aromatic carbocycles. The monoisotopic (exact) mass is 219 g/mol. The highest BCUT2D eigenvalue weighted by atomic mass is 28.1. The fourth-order valence-corrected chi connectivity index (χ4v) is 1.60. The molecular weight excluding hydrogens is 194 g/mol. The Morgan fingerprint density at radius 3 is 2.21 bits per heavy atom. The third kappa shape index (κ3) is 6.54. The Balaban J connectivity index is 3.34. The minimum atomic E-state index is -0.271. The number of hydrogen-bond acceptors (Lipinski definition) is 3. The SMILES string of the molecule is CCCCNCCCC([SiH3])(OC)OC. The van der Waals surface area contributed by atoms with Gasteiger partial charge in [0.25, 0.3) is 0 Å².